The molecule has 0 spiro atoms. The molecule has 5 nitrogen and oxygen atoms in total. The molecule has 1 aliphatic heterocycles. The van der Waals surface area contributed by atoms with Crippen molar-refractivity contribution in [2.45, 2.75) is 31.8 Å². The van der Waals surface area contributed by atoms with Gasteiger partial charge in [-0.05, 0) is 31.5 Å². The molecule has 1 saturated heterocycles. The van der Waals surface area contributed by atoms with E-state index in [1.54, 1.807) is 0 Å². The maximum atomic E-state index is 11.6. The van der Waals surface area contributed by atoms with Crippen molar-refractivity contribution in [3.05, 3.63) is 60.4 Å². The fourth-order valence-electron chi connectivity index (χ4n) is 3.68. The minimum absolute atomic E-state index is 0.411. The highest BCUT2D eigenvalue weighted by Crippen LogP contribution is 2.28. The van der Waals surface area contributed by atoms with Gasteiger partial charge in [0.25, 0.3) is 0 Å². The van der Waals surface area contributed by atoms with E-state index in [1.807, 2.05) is 42.6 Å². The Labute approximate surface area is 146 Å². The first-order chi connectivity index (χ1) is 12.2. The van der Waals surface area contributed by atoms with Gasteiger partial charge in [-0.2, -0.15) is 0 Å². The first-order valence-corrected chi connectivity index (χ1v) is 8.72. The number of benzene rings is 1. The van der Waals surface area contributed by atoms with E-state index in [-0.39, 0.29) is 0 Å². The Bertz CT molecular complexity index is 888. The molecule has 25 heavy (non-hydrogen) atoms. The zero-order valence-electron chi connectivity index (χ0n) is 14.0. The maximum Gasteiger partial charge on any atom is 0.320 e. The van der Waals surface area contributed by atoms with Gasteiger partial charge in [0.1, 0.15) is 11.7 Å². The highest BCUT2D eigenvalue weighted by atomic mass is 16.4. The summed E-state index contributed by atoms with van der Waals surface area (Å²) in [5, 5.41) is 9.57. The van der Waals surface area contributed by atoms with Gasteiger partial charge in [-0.3, -0.25) is 9.69 Å². The third kappa shape index (κ3) is 3.03. The molecule has 0 radical (unpaired) electrons. The fraction of sp³-hybridized carbons (Fsp3) is 0.300. The van der Waals surface area contributed by atoms with Crippen molar-refractivity contribution in [1.82, 2.24) is 14.3 Å². The lowest BCUT2D eigenvalue weighted by molar-refractivity contribution is -0.144. The normalized spacial score (nSPS) is 18.5. The van der Waals surface area contributed by atoms with Crippen molar-refractivity contribution in [2.75, 3.05) is 6.54 Å². The van der Waals surface area contributed by atoms with Crippen LogP contribution in [0.5, 0.6) is 0 Å². The smallest absolute Gasteiger partial charge is 0.320 e. The molecule has 5 heteroatoms. The van der Waals surface area contributed by atoms with Gasteiger partial charge in [0.2, 0.25) is 0 Å². The number of carbonyl (C=O) groups is 1. The number of rotatable bonds is 4. The van der Waals surface area contributed by atoms with E-state index in [0.717, 1.165) is 42.0 Å². The number of fused-ring (bicyclic) bond motifs is 1. The van der Waals surface area contributed by atoms with Crippen LogP contribution in [0.2, 0.25) is 0 Å². The van der Waals surface area contributed by atoms with Crippen LogP contribution in [-0.4, -0.2) is 37.9 Å². The van der Waals surface area contributed by atoms with Gasteiger partial charge in [-0.25, -0.2) is 4.98 Å². The van der Waals surface area contributed by atoms with Crippen molar-refractivity contribution in [3.8, 4) is 11.3 Å². The van der Waals surface area contributed by atoms with E-state index in [4.69, 9.17) is 4.98 Å². The van der Waals surface area contributed by atoms with Crippen LogP contribution < -0.4 is 0 Å². The maximum absolute atomic E-state index is 11.6. The number of carboxylic acids is 1. The number of nitrogens with zero attached hydrogens (tertiary/aromatic N) is 3. The highest BCUT2D eigenvalue weighted by Gasteiger charge is 2.30. The second-order valence-electron chi connectivity index (χ2n) is 6.52. The lowest BCUT2D eigenvalue weighted by Gasteiger charge is -2.32. The van der Waals surface area contributed by atoms with Crippen LogP contribution in [0.3, 0.4) is 0 Å². The lowest BCUT2D eigenvalue weighted by Crippen LogP contribution is -2.44. The topological polar surface area (TPSA) is 57.8 Å². The van der Waals surface area contributed by atoms with E-state index < -0.39 is 12.0 Å². The average molecular weight is 335 g/mol. The van der Waals surface area contributed by atoms with Gasteiger partial charge in [0.15, 0.2) is 0 Å². The Morgan fingerprint density at radius 1 is 1.12 bits per heavy atom. The lowest BCUT2D eigenvalue weighted by atomic mass is 10.0. The summed E-state index contributed by atoms with van der Waals surface area (Å²) in [6.45, 7) is 1.40. The molecule has 0 bridgehead atoms. The molecule has 1 fully saturated rings. The molecule has 1 aliphatic rings. The second kappa shape index (κ2) is 6.69. The van der Waals surface area contributed by atoms with Gasteiger partial charge >= 0.3 is 5.97 Å². The number of aromatic nitrogens is 2. The summed E-state index contributed by atoms with van der Waals surface area (Å²) in [4.78, 5) is 18.5. The molecule has 3 aromatic rings. The number of pyridine rings is 1. The standard InChI is InChI=1S/C20H21N3O2/c24-20(25)16-10-4-6-12-22(16)14-17-19(15-8-2-1-3-9-15)21-18-11-5-7-13-23(17)18/h1-3,5,7-9,11,13,16H,4,6,10,12,14H2,(H,24,25). The largest absolute Gasteiger partial charge is 0.480 e. The van der Waals surface area contributed by atoms with Crippen LogP contribution >= 0.6 is 0 Å². The predicted octanol–water partition coefficient (Wildman–Crippen LogP) is 3.44. The minimum Gasteiger partial charge on any atom is -0.480 e. The molecular weight excluding hydrogens is 314 g/mol. The SMILES string of the molecule is O=C(O)C1CCCCN1Cc1c(-c2ccccc2)nc2ccccn12. The summed E-state index contributed by atoms with van der Waals surface area (Å²) in [5.41, 5.74) is 3.93. The van der Waals surface area contributed by atoms with E-state index in [2.05, 4.69) is 21.4 Å². The highest BCUT2D eigenvalue weighted by molar-refractivity contribution is 5.73. The van der Waals surface area contributed by atoms with Crippen molar-refractivity contribution in [2.24, 2.45) is 0 Å². The third-order valence-electron chi connectivity index (χ3n) is 4.93. The van der Waals surface area contributed by atoms with Gasteiger partial charge < -0.3 is 9.51 Å². The summed E-state index contributed by atoms with van der Waals surface area (Å²) in [5.74, 6) is -0.727. The molecule has 4 rings (SSSR count). The molecule has 1 aromatic carbocycles. The van der Waals surface area contributed by atoms with Crippen molar-refractivity contribution >= 4 is 11.6 Å². The number of hydrogen-bond donors (Lipinski definition) is 1. The summed E-state index contributed by atoms with van der Waals surface area (Å²) in [7, 11) is 0. The van der Waals surface area contributed by atoms with Crippen molar-refractivity contribution < 1.29 is 9.90 Å². The Kier molecular flexibility index (Phi) is 4.24. The average Bonchev–Trinajstić information content (AvgIpc) is 3.01. The molecule has 0 saturated carbocycles. The van der Waals surface area contributed by atoms with Crippen LogP contribution in [-0.2, 0) is 11.3 Å². The van der Waals surface area contributed by atoms with Crippen LogP contribution in [0, 0.1) is 0 Å². The number of carboxylic acid groups (broad SMARTS) is 1. The molecule has 128 valence electrons. The summed E-state index contributed by atoms with van der Waals surface area (Å²) in [6, 6.07) is 15.6. The molecule has 0 aliphatic carbocycles. The number of hydrogen-bond acceptors (Lipinski definition) is 3. The molecule has 1 atom stereocenters. The summed E-state index contributed by atoms with van der Waals surface area (Å²) in [6.07, 6.45) is 4.74. The fourth-order valence-corrected chi connectivity index (χ4v) is 3.68. The summed E-state index contributed by atoms with van der Waals surface area (Å²) >= 11 is 0. The summed E-state index contributed by atoms with van der Waals surface area (Å²) < 4.78 is 2.08. The quantitative estimate of drug-likeness (QED) is 0.793. The number of imidazole rings is 1. The zero-order chi connectivity index (χ0) is 17.2. The van der Waals surface area contributed by atoms with Crippen LogP contribution in [0.25, 0.3) is 16.9 Å². The first-order valence-electron chi connectivity index (χ1n) is 8.72. The third-order valence-corrected chi connectivity index (χ3v) is 4.93. The number of likely N-dealkylation sites (tertiary alicyclic amines) is 1. The van der Waals surface area contributed by atoms with Gasteiger partial charge in [0, 0.05) is 18.3 Å². The number of piperidine rings is 1. The van der Waals surface area contributed by atoms with Crippen molar-refractivity contribution in [1.29, 1.82) is 0 Å². The molecule has 1 N–H and O–H groups in total. The van der Waals surface area contributed by atoms with E-state index >= 15 is 0 Å². The Hall–Kier alpha value is -2.66. The Morgan fingerprint density at radius 2 is 1.92 bits per heavy atom. The first kappa shape index (κ1) is 15.8. The van der Waals surface area contributed by atoms with E-state index in [0.29, 0.717) is 13.0 Å². The monoisotopic (exact) mass is 335 g/mol. The minimum atomic E-state index is -0.727. The molecule has 1 unspecified atom stereocenters. The molecule has 2 aromatic heterocycles. The molecule has 0 amide bonds. The van der Waals surface area contributed by atoms with Gasteiger partial charge in [-0.1, -0.05) is 42.8 Å². The molecule has 3 heterocycles. The van der Waals surface area contributed by atoms with Gasteiger partial charge in [0.05, 0.1) is 11.4 Å². The van der Waals surface area contributed by atoms with Crippen LogP contribution in [0.1, 0.15) is 25.0 Å². The van der Waals surface area contributed by atoms with Gasteiger partial charge in [-0.15, -0.1) is 0 Å². The Morgan fingerprint density at radius 3 is 2.72 bits per heavy atom. The second-order valence-corrected chi connectivity index (χ2v) is 6.52. The van der Waals surface area contributed by atoms with Crippen molar-refractivity contribution in [3.63, 3.8) is 0 Å². The zero-order valence-corrected chi connectivity index (χ0v) is 14.0. The van der Waals surface area contributed by atoms with E-state index in [1.165, 1.54) is 0 Å². The Balaban J connectivity index is 1.78. The van der Waals surface area contributed by atoms with Crippen LogP contribution in [0.4, 0.5) is 0 Å². The van der Waals surface area contributed by atoms with Crippen LogP contribution in [0.15, 0.2) is 54.7 Å². The molecular formula is C20H21N3O2. The predicted molar refractivity (Wildman–Crippen MR) is 96.3 cm³/mol. The number of aliphatic carboxylic acids is 1. The van der Waals surface area contributed by atoms with E-state index in [9.17, 15) is 9.90 Å².